The quantitative estimate of drug-likeness (QED) is 0.124. The van der Waals surface area contributed by atoms with E-state index in [0.717, 1.165) is 11.1 Å². The van der Waals surface area contributed by atoms with Gasteiger partial charge in [0.05, 0.1) is 31.7 Å². The molecule has 0 aromatic heterocycles. The van der Waals surface area contributed by atoms with Gasteiger partial charge in [0.25, 0.3) is 0 Å². The second kappa shape index (κ2) is 15.5. The maximum atomic E-state index is 13.9. The van der Waals surface area contributed by atoms with Crippen LogP contribution in [0.2, 0.25) is 0 Å². The summed E-state index contributed by atoms with van der Waals surface area (Å²) in [6, 6.07) is 10.6. The molecular formula is C39H46N2O11. The van der Waals surface area contributed by atoms with Crippen molar-refractivity contribution in [3.8, 4) is 5.75 Å². The molecule has 0 spiro atoms. The van der Waals surface area contributed by atoms with Gasteiger partial charge in [-0.15, -0.1) is 0 Å². The molecule has 0 radical (unpaired) electrons. The summed E-state index contributed by atoms with van der Waals surface area (Å²) in [7, 11) is 0. The van der Waals surface area contributed by atoms with E-state index in [1.807, 2.05) is 47.6 Å². The van der Waals surface area contributed by atoms with Crippen LogP contribution in [0.5, 0.6) is 5.75 Å². The molecule has 0 unspecified atom stereocenters. The third kappa shape index (κ3) is 7.80. The smallest absolute Gasteiger partial charge is 0.340 e. The number of phenols is 1. The maximum absolute atomic E-state index is 13.9. The van der Waals surface area contributed by atoms with E-state index >= 15 is 0 Å². The number of hydrogen-bond acceptors (Lipinski definition) is 9. The van der Waals surface area contributed by atoms with E-state index in [0.29, 0.717) is 44.5 Å². The molecule has 278 valence electrons. The van der Waals surface area contributed by atoms with Gasteiger partial charge in [0.15, 0.2) is 5.60 Å². The molecule has 13 heteroatoms. The zero-order valence-electron chi connectivity index (χ0n) is 30.4. The first-order chi connectivity index (χ1) is 24.3. The van der Waals surface area contributed by atoms with Gasteiger partial charge in [0, 0.05) is 35.3 Å². The van der Waals surface area contributed by atoms with Crippen LogP contribution in [0.4, 0.5) is 0 Å². The number of fused-ring (bicyclic) bond motifs is 1. The number of carboxylic acid groups (broad SMARTS) is 4. The summed E-state index contributed by atoms with van der Waals surface area (Å²) in [6.45, 7) is 10.5. The molecule has 1 heterocycles. The number of carbonyl (C=O) groups excluding carboxylic acids is 1. The molecule has 1 atom stereocenters. The zero-order valence-corrected chi connectivity index (χ0v) is 30.4. The fourth-order valence-corrected chi connectivity index (χ4v) is 7.35. The predicted octanol–water partition coefficient (Wildman–Crippen LogP) is 4.97. The van der Waals surface area contributed by atoms with Crippen molar-refractivity contribution in [3.05, 3.63) is 97.6 Å². The fourth-order valence-electron chi connectivity index (χ4n) is 7.35. The molecule has 3 aromatic rings. The summed E-state index contributed by atoms with van der Waals surface area (Å²) in [5, 5.41) is 50.2. The zero-order chi connectivity index (χ0) is 38.8. The normalized spacial score (nSPS) is 15.4. The average molecular weight is 719 g/mol. The molecule has 13 nitrogen and oxygen atoms in total. The molecule has 52 heavy (non-hydrogen) atoms. The van der Waals surface area contributed by atoms with E-state index in [2.05, 4.69) is 0 Å². The summed E-state index contributed by atoms with van der Waals surface area (Å²) < 4.78 is 6.56. The van der Waals surface area contributed by atoms with Crippen LogP contribution >= 0.6 is 0 Å². The SMILES string of the molecule is Cc1c(C(C)C)cc([C@@]2(c3cc(C(C)C)c(O)c(CN(CC(=O)O)CC(=O)O)c3C)OC(=O)c3ccccc32)c(C)c1CN(CC(=O)O)CC(=O)O. The average Bonchev–Trinajstić information content (AvgIpc) is 3.32. The molecule has 0 saturated heterocycles. The number of rotatable bonds is 16. The Morgan fingerprint density at radius 2 is 1.08 bits per heavy atom. The number of nitrogens with zero attached hydrogens (tertiary/aromatic N) is 2. The number of hydrogen-bond donors (Lipinski definition) is 5. The van der Waals surface area contributed by atoms with Crippen LogP contribution in [0.15, 0.2) is 36.4 Å². The topological polar surface area (TPSA) is 202 Å². The van der Waals surface area contributed by atoms with Gasteiger partial charge in [-0.3, -0.25) is 29.0 Å². The lowest BCUT2D eigenvalue weighted by Gasteiger charge is -2.37. The molecule has 5 N–H and O–H groups in total. The van der Waals surface area contributed by atoms with Gasteiger partial charge in [-0.1, -0.05) is 52.0 Å². The van der Waals surface area contributed by atoms with E-state index in [1.54, 1.807) is 37.3 Å². The molecule has 4 rings (SSSR count). The third-order valence-electron chi connectivity index (χ3n) is 9.73. The summed E-state index contributed by atoms with van der Waals surface area (Å²) in [6.07, 6.45) is 0. The monoisotopic (exact) mass is 718 g/mol. The van der Waals surface area contributed by atoms with E-state index < -0.39 is 61.6 Å². The number of esters is 1. The van der Waals surface area contributed by atoms with Crippen molar-refractivity contribution >= 4 is 29.8 Å². The Labute approximate surface area is 302 Å². The molecule has 0 saturated carbocycles. The highest BCUT2D eigenvalue weighted by Gasteiger charge is 2.51. The largest absolute Gasteiger partial charge is 0.507 e. The first kappa shape index (κ1) is 39.5. The van der Waals surface area contributed by atoms with E-state index in [4.69, 9.17) is 4.74 Å². The van der Waals surface area contributed by atoms with Gasteiger partial charge in [-0.25, -0.2) is 4.79 Å². The van der Waals surface area contributed by atoms with Gasteiger partial charge in [-0.2, -0.15) is 0 Å². The van der Waals surface area contributed by atoms with E-state index in [1.165, 1.54) is 9.80 Å². The van der Waals surface area contributed by atoms with Crippen molar-refractivity contribution in [1.29, 1.82) is 0 Å². The molecule has 0 fully saturated rings. The van der Waals surface area contributed by atoms with Crippen molar-refractivity contribution < 1.29 is 54.2 Å². The summed E-state index contributed by atoms with van der Waals surface area (Å²) >= 11 is 0. The van der Waals surface area contributed by atoms with Crippen molar-refractivity contribution in [1.82, 2.24) is 9.80 Å². The molecule has 0 amide bonds. The van der Waals surface area contributed by atoms with Crippen LogP contribution < -0.4 is 0 Å². The minimum atomic E-state index is -1.64. The molecule has 3 aromatic carbocycles. The second-order valence-electron chi connectivity index (χ2n) is 14.0. The minimum Gasteiger partial charge on any atom is -0.507 e. The van der Waals surface area contributed by atoms with Crippen LogP contribution in [0.25, 0.3) is 0 Å². The Hall–Kier alpha value is -5.27. The van der Waals surface area contributed by atoms with Gasteiger partial charge < -0.3 is 30.3 Å². The van der Waals surface area contributed by atoms with E-state index in [-0.39, 0.29) is 36.2 Å². The number of carboxylic acids is 4. The standard InChI is InChI=1S/C39H46N2O11/c1-20(2)26-12-31(23(6)28(22(26)5)14-40(16-33(42)43)17-34(44)45)39(30-11-9-8-10-25(30)38(51)52-39)32-13-27(21(3)4)37(50)29(24(32)7)15-41(18-35(46)47)19-36(48)49/h8-13,20-21,50H,14-19H2,1-7H3,(H,42,43)(H,44,45)(H,46,47)(H,48,49)/t39-/m0/s1. The Kier molecular flexibility index (Phi) is 11.8. The number of benzene rings is 3. The number of phenolic OH excluding ortho intramolecular Hbond substituents is 1. The van der Waals surface area contributed by atoms with Crippen molar-refractivity contribution in [2.75, 3.05) is 26.2 Å². The van der Waals surface area contributed by atoms with Crippen molar-refractivity contribution in [3.63, 3.8) is 0 Å². The number of aliphatic carboxylic acids is 4. The number of ether oxygens (including phenoxy) is 1. The van der Waals surface area contributed by atoms with Crippen LogP contribution in [-0.2, 0) is 42.6 Å². The lowest BCUT2D eigenvalue weighted by molar-refractivity contribution is -0.144. The van der Waals surface area contributed by atoms with Crippen molar-refractivity contribution in [2.45, 2.75) is 79.0 Å². The molecule has 0 aliphatic carbocycles. The van der Waals surface area contributed by atoms with Gasteiger partial charge in [-0.05, 0) is 78.1 Å². The molecular weight excluding hydrogens is 672 g/mol. The summed E-state index contributed by atoms with van der Waals surface area (Å²) in [5.41, 5.74) is 4.32. The number of aromatic hydroxyl groups is 1. The highest BCUT2D eigenvalue weighted by molar-refractivity contribution is 5.96. The molecule has 1 aliphatic rings. The van der Waals surface area contributed by atoms with Gasteiger partial charge in [0.1, 0.15) is 5.75 Å². The minimum absolute atomic E-state index is 0.0358. The Bertz CT molecular complexity index is 1790. The lowest BCUT2D eigenvalue weighted by Crippen LogP contribution is -2.36. The first-order valence-corrected chi connectivity index (χ1v) is 16.9. The highest BCUT2D eigenvalue weighted by Crippen LogP contribution is 2.52. The fraction of sp³-hybridized carbons (Fsp3) is 0.410. The molecule has 0 bridgehead atoms. The van der Waals surface area contributed by atoms with Crippen LogP contribution in [-0.4, -0.2) is 91.4 Å². The molecule has 1 aliphatic heterocycles. The predicted molar refractivity (Wildman–Crippen MR) is 190 cm³/mol. The van der Waals surface area contributed by atoms with Crippen molar-refractivity contribution in [2.24, 2.45) is 0 Å². The maximum Gasteiger partial charge on any atom is 0.340 e. The summed E-state index contributed by atoms with van der Waals surface area (Å²) in [4.78, 5) is 63.5. The van der Waals surface area contributed by atoms with Crippen LogP contribution in [0, 0.1) is 20.8 Å². The number of carbonyl (C=O) groups is 5. The third-order valence-corrected chi connectivity index (χ3v) is 9.73. The van der Waals surface area contributed by atoms with E-state index in [9.17, 15) is 49.5 Å². The number of cyclic esters (lactones) is 1. The van der Waals surface area contributed by atoms with Gasteiger partial charge in [0.2, 0.25) is 0 Å². The Morgan fingerprint density at radius 3 is 1.54 bits per heavy atom. The Morgan fingerprint density at radius 1 is 0.654 bits per heavy atom. The van der Waals surface area contributed by atoms with Crippen LogP contribution in [0.1, 0.15) is 106 Å². The summed E-state index contributed by atoms with van der Waals surface area (Å²) in [5.74, 6) is -5.99. The lowest BCUT2D eigenvalue weighted by atomic mass is 9.72. The highest BCUT2D eigenvalue weighted by atomic mass is 16.6. The Balaban J connectivity index is 2.16. The van der Waals surface area contributed by atoms with Crippen LogP contribution in [0.3, 0.4) is 0 Å². The first-order valence-electron chi connectivity index (χ1n) is 16.9. The second-order valence-corrected chi connectivity index (χ2v) is 14.0. The van der Waals surface area contributed by atoms with Gasteiger partial charge >= 0.3 is 29.8 Å².